The van der Waals surface area contributed by atoms with Gasteiger partial charge in [-0.05, 0) is 79.9 Å². The van der Waals surface area contributed by atoms with Gasteiger partial charge in [0.1, 0.15) is 49.3 Å². The average molecular weight is 1220 g/mol. The summed E-state index contributed by atoms with van der Waals surface area (Å²) in [5.74, 6) is 1.52. The predicted molar refractivity (Wildman–Crippen MR) is 354 cm³/mol. The molecule has 0 aliphatic carbocycles. The molecule has 0 radical (unpaired) electrons. The van der Waals surface area contributed by atoms with Crippen molar-refractivity contribution in [2.75, 3.05) is 52.9 Å². The van der Waals surface area contributed by atoms with Crippen molar-refractivity contribution in [3.05, 3.63) is 348 Å². The predicted octanol–water partition coefficient (Wildman–Crippen LogP) is 12.5. The number of benzene rings is 8. The maximum atomic E-state index is 6.22. The Morgan fingerprint density at radius 1 is 0.293 bits per heavy atom. The fourth-order valence-electron chi connectivity index (χ4n) is 12.0. The van der Waals surface area contributed by atoms with Crippen LogP contribution < -0.4 is 18.6 Å². The van der Waals surface area contributed by atoms with Crippen molar-refractivity contribution >= 4 is 0 Å². The van der Waals surface area contributed by atoms with Gasteiger partial charge in [-0.15, -0.1) is 10.2 Å². The fourth-order valence-corrected chi connectivity index (χ4v) is 12.0. The highest BCUT2D eigenvalue weighted by Gasteiger charge is 2.39. The highest BCUT2D eigenvalue weighted by atomic mass is 16.5. The van der Waals surface area contributed by atoms with Crippen molar-refractivity contribution in [2.24, 2.45) is 0 Å². The lowest BCUT2D eigenvalue weighted by Crippen LogP contribution is -2.35. The van der Waals surface area contributed by atoms with Crippen molar-refractivity contribution in [3.63, 3.8) is 0 Å². The Labute approximate surface area is 538 Å². The number of nitrogens with zero attached hydrogens (tertiary/aromatic N) is 8. The lowest BCUT2D eigenvalue weighted by Gasteiger charge is -2.36. The molecule has 0 atom stereocenters. The van der Waals surface area contributed by atoms with E-state index in [1.165, 1.54) is 33.4 Å². The van der Waals surface area contributed by atoms with Crippen LogP contribution in [0, 0.1) is 0 Å². The van der Waals surface area contributed by atoms with Gasteiger partial charge in [0.25, 0.3) is 0 Å². The molecule has 14 nitrogen and oxygen atoms in total. The van der Waals surface area contributed by atoms with Crippen LogP contribution >= 0.6 is 0 Å². The Bertz CT molecular complexity index is 3630. The van der Waals surface area contributed by atoms with Gasteiger partial charge in [-0.2, -0.15) is 0 Å². The van der Waals surface area contributed by atoms with Gasteiger partial charge in [-0.25, -0.2) is 18.5 Å². The summed E-state index contributed by atoms with van der Waals surface area (Å²) in [7, 11) is 0. The molecule has 4 aromatic heterocycles. The molecule has 0 N–H and O–H groups in total. The summed E-state index contributed by atoms with van der Waals surface area (Å²) < 4.78 is 43.8. The molecule has 0 aliphatic heterocycles. The van der Waals surface area contributed by atoms with Gasteiger partial charge in [-0.1, -0.05) is 217 Å². The Morgan fingerprint density at radius 2 is 0.565 bits per heavy atom. The van der Waals surface area contributed by atoms with Gasteiger partial charge >= 0.3 is 0 Å². The molecular formula is C78H76N8O6+2. The van der Waals surface area contributed by atoms with E-state index in [0.717, 1.165) is 58.2 Å². The molecule has 8 aromatic carbocycles. The Hall–Kier alpha value is -10.2. The zero-order chi connectivity index (χ0) is 62.3. The quantitative estimate of drug-likeness (QED) is 0.0223. The van der Waals surface area contributed by atoms with Crippen LogP contribution in [0.4, 0.5) is 0 Å². The lowest BCUT2D eigenvalue weighted by molar-refractivity contribution is -0.698. The van der Waals surface area contributed by atoms with E-state index in [2.05, 4.69) is 285 Å². The normalized spacial score (nSPS) is 11.6. The van der Waals surface area contributed by atoms with Crippen molar-refractivity contribution in [1.29, 1.82) is 0 Å². The molecule has 12 aromatic rings. The lowest BCUT2D eigenvalue weighted by atomic mass is 9.65. The molecule has 0 fully saturated rings. The molecule has 0 amide bonds. The molecule has 14 heteroatoms. The van der Waals surface area contributed by atoms with Crippen LogP contribution in [0.2, 0.25) is 0 Å². The van der Waals surface area contributed by atoms with E-state index in [0.29, 0.717) is 79.2 Å². The minimum absolute atomic E-state index is 0.302. The van der Waals surface area contributed by atoms with Gasteiger partial charge in [0.15, 0.2) is 37.9 Å². The summed E-state index contributed by atoms with van der Waals surface area (Å²) in [6.45, 7) is 7.39. The van der Waals surface area contributed by atoms with Crippen LogP contribution in [0.15, 0.2) is 292 Å². The van der Waals surface area contributed by atoms with E-state index in [9.17, 15) is 0 Å². The molecule has 92 heavy (non-hydrogen) atoms. The van der Waals surface area contributed by atoms with Gasteiger partial charge in [0.2, 0.25) is 0 Å². The number of hydrogen-bond acceptors (Lipinski definition) is 10. The van der Waals surface area contributed by atoms with E-state index in [1.54, 1.807) is 9.36 Å². The number of pyridine rings is 2. The van der Waals surface area contributed by atoms with Crippen molar-refractivity contribution in [3.8, 4) is 22.6 Å². The summed E-state index contributed by atoms with van der Waals surface area (Å²) in [5.41, 5.74) is 12.2. The highest BCUT2D eigenvalue weighted by molar-refractivity contribution is 5.63. The minimum atomic E-state index is -0.512. The standard InChI is InChI=1S/C78H76N8O6/c1-7-19-65(20-8-1)77(66-21-9-2-10-22-66,67-23-11-3-12-24-67)71-31-35-75(36-32-71)91-61-73-59-85(81-79-73)49-53-89-57-55-87-51-47-83-43-39-63(40-44-83)64-41-45-84(46-42-64)48-52-88-56-58-90-54-50-86-60-74(80-82-86)62-92-76-37-33-72(34-38-76)78(68-25-13-4-14-26-68,69-27-15-5-16-28-69)70-29-17-6-18-30-70/h1-46,59-60H,47-58,61-62H2/q+2. The number of rotatable bonds is 33. The molecule has 0 bridgehead atoms. The van der Waals surface area contributed by atoms with E-state index in [4.69, 9.17) is 28.4 Å². The van der Waals surface area contributed by atoms with Crippen LogP contribution in [0.25, 0.3) is 11.1 Å². The second-order valence-electron chi connectivity index (χ2n) is 22.4. The second-order valence-corrected chi connectivity index (χ2v) is 22.4. The van der Waals surface area contributed by atoms with Crippen molar-refractivity contribution in [1.82, 2.24) is 30.0 Å². The molecule has 0 spiro atoms. The van der Waals surface area contributed by atoms with E-state index < -0.39 is 10.8 Å². The van der Waals surface area contributed by atoms with Gasteiger partial charge in [0, 0.05) is 24.3 Å². The minimum Gasteiger partial charge on any atom is -0.487 e. The van der Waals surface area contributed by atoms with Crippen LogP contribution in [0.3, 0.4) is 0 Å². The fraction of sp³-hybridized carbons (Fsp3) is 0.205. The Kier molecular flexibility index (Phi) is 21.2. The Balaban J connectivity index is 0.499. The SMILES string of the molecule is c1ccc(C(c2ccccc2)(c2ccccc2)c2ccc(OCc3cn(CCOCCOCC[n+]4ccc(-c5cc[n+](CCOCCOCCn6cc(COc7ccc(C(c8ccccc8)(c8ccccc8)c8ccccc8)cc7)nn6)cc5)cc4)nn3)cc2)cc1. The van der Waals surface area contributed by atoms with Crippen molar-refractivity contribution in [2.45, 2.75) is 50.2 Å². The highest BCUT2D eigenvalue weighted by Crippen LogP contribution is 2.47. The zero-order valence-electron chi connectivity index (χ0n) is 51.6. The third-order valence-electron chi connectivity index (χ3n) is 16.5. The first-order valence-corrected chi connectivity index (χ1v) is 31.5. The first-order chi connectivity index (χ1) is 45.6. The summed E-state index contributed by atoms with van der Waals surface area (Å²) in [6.07, 6.45) is 12.1. The molecule has 12 rings (SSSR count). The van der Waals surface area contributed by atoms with Gasteiger partial charge in [-0.3, -0.25) is 0 Å². The first kappa shape index (κ1) is 62.0. The monoisotopic (exact) mass is 1220 g/mol. The molecule has 4 heterocycles. The van der Waals surface area contributed by atoms with Crippen molar-refractivity contribution < 1.29 is 37.6 Å². The van der Waals surface area contributed by atoms with E-state index in [1.807, 2.05) is 36.7 Å². The van der Waals surface area contributed by atoms with Gasteiger partial charge in [0.05, 0.1) is 76.0 Å². The molecule has 0 saturated heterocycles. The van der Waals surface area contributed by atoms with Crippen LogP contribution in [0.5, 0.6) is 11.5 Å². The van der Waals surface area contributed by atoms with Crippen LogP contribution in [0.1, 0.15) is 55.9 Å². The maximum absolute atomic E-state index is 6.22. The molecule has 0 unspecified atom stereocenters. The summed E-state index contributed by atoms with van der Waals surface area (Å²) in [5, 5.41) is 17.3. The topological polar surface area (TPSA) is 125 Å². The summed E-state index contributed by atoms with van der Waals surface area (Å²) in [6, 6.07) is 89.5. The zero-order valence-corrected chi connectivity index (χ0v) is 51.6. The third-order valence-corrected chi connectivity index (χ3v) is 16.5. The molecule has 462 valence electrons. The Morgan fingerprint density at radius 3 is 0.859 bits per heavy atom. The van der Waals surface area contributed by atoms with Gasteiger partial charge < -0.3 is 28.4 Å². The van der Waals surface area contributed by atoms with E-state index >= 15 is 0 Å². The van der Waals surface area contributed by atoms with Crippen LogP contribution in [-0.4, -0.2) is 82.8 Å². The number of hydrogen-bond donors (Lipinski definition) is 0. The summed E-state index contributed by atoms with van der Waals surface area (Å²) >= 11 is 0. The molecular weight excluding hydrogens is 1140 g/mol. The molecule has 0 aliphatic rings. The number of aromatic nitrogens is 8. The average Bonchev–Trinajstić information content (AvgIpc) is 0.777. The molecule has 0 saturated carbocycles. The largest absolute Gasteiger partial charge is 0.487 e. The second kappa shape index (κ2) is 31.5. The van der Waals surface area contributed by atoms with Crippen LogP contribution in [-0.2, 0) is 69.2 Å². The smallest absolute Gasteiger partial charge is 0.171 e. The summed E-state index contributed by atoms with van der Waals surface area (Å²) in [4.78, 5) is 0. The third kappa shape index (κ3) is 15.3. The van der Waals surface area contributed by atoms with E-state index in [-0.39, 0.29) is 0 Å². The first-order valence-electron chi connectivity index (χ1n) is 31.5. The number of ether oxygens (including phenoxy) is 6. The maximum Gasteiger partial charge on any atom is 0.171 e.